The molecular formula is C14H14ClNO. The van der Waals surface area contributed by atoms with Crippen molar-refractivity contribution in [1.29, 1.82) is 0 Å². The van der Waals surface area contributed by atoms with Gasteiger partial charge >= 0.3 is 0 Å². The molecule has 2 aromatic carbocycles. The van der Waals surface area contributed by atoms with Gasteiger partial charge in [-0.05, 0) is 42.3 Å². The smallest absolute Gasteiger partial charge is 0.115 e. The van der Waals surface area contributed by atoms with E-state index in [0.717, 1.165) is 21.8 Å². The van der Waals surface area contributed by atoms with Gasteiger partial charge in [0, 0.05) is 17.3 Å². The van der Waals surface area contributed by atoms with Crippen LogP contribution in [-0.2, 0) is 6.54 Å². The maximum atomic E-state index is 9.32. The highest BCUT2D eigenvalue weighted by Crippen LogP contribution is 2.22. The molecule has 0 aliphatic heterocycles. The standard InChI is InChI=1S/C14H14ClNO/c1-10-8-12(17)6-7-14(10)16-9-11-4-2-3-5-13(11)15/h2-8,16-17H,9H2,1H3. The Morgan fingerprint density at radius 2 is 1.94 bits per heavy atom. The zero-order valence-electron chi connectivity index (χ0n) is 9.57. The second-order valence-electron chi connectivity index (χ2n) is 3.94. The zero-order valence-corrected chi connectivity index (χ0v) is 10.3. The van der Waals surface area contributed by atoms with Crippen molar-refractivity contribution in [2.45, 2.75) is 13.5 Å². The minimum absolute atomic E-state index is 0.283. The molecule has 0 aliphatic rings. The van der Waals surface area contributed by atoms with Gasteiger partial charge in [0.2, 0.25) is 0 Å². The van der Waals surface area contributed by atoms with Gasteiger partial charge in [-0.25, -0.2) is 0 Å². The van der Waals surface area contributed by atoms with Gasteiger partial charge in [0.25, 0.3) is 0 Å². The Hall–Kier alpha value is -1.67. The molecule has 17 heavy (non-hydrogen) atoms. The summed E-state index contributed by atoms with van der Waals surface area (Å²) in [6.45, 7) is 2.62. The van der Waals surface area contributed by atoms with E-state index >= 15 is 0 Å². The minimum Gasteiger partial charge on any atom is -0.508 e. The Bertz CT molecular complexity index is 525. The number of anilines is 1. The van der Waals surface area contributed by atoms with Gasteiger partial charge in [0.15, 0.2) is 0 Å². The van der Waals surface area contributed by atoms with E-state index < -0.39 is 0 Å². The first-order chi connectivity index (χ1) is 8.16. The van der Waals surface area contributed by atoms with E-state index in [1.165, 1.54) is 0 Å². The predicted octanol–water partition coefficient (Wildman–Crippen LogP) is 3.97. The summed E-state index contributed by atoms with van der Waals surface area (Å²) in [5.74, 6) is 0.283. The van der Waals surface area contributed by atoms with Crippen molar-refractivity contribution >= 4 is 17.3 Å². The van der Waals surface area contributed by atoms with Crippen LogP contribution in [0.25, 0.3) is 0 Å². The summed E-state index contributed by atoms with van der Waals surface area (Å²) in [6, 6.07) is 13.0. The van der Waals surface area contributed by atoms with E-state index in [-0.39, 0.29) is 5.75 Å². The summed E-state index contributed by atoms with van der Waals surface area (Å²) < 4.78 is 0. The number of halogens is 1. The predicted molar refractivity (Wildman–Crippen MR) is 71.6 cm³/mol. The summed E-state index contributed by atoms with van der Waals surface area (Å²) in [5.41, 5.74) is 3.07. The van der Waals surface area contributed by atoms with E-state index in [0.29, 0.717) is 6.54 Å². The Balaban J connectivity index is 2.10. The van der Waals surface area contributed by atoms with Gasteiger partial charge in [-0.3, -0.25) is 0 Å². The number of hydrogen-bond acceptors (Lipinski definition) is 2. The highest BCUT2D eigenvalue weighted by Gasteiger charge is 2.01. The van der Waals surface area contributed by atoms with E-state index in [2.05, 4.69) is 5.32 Å². The van der Waals surface area contributed by atoms with E-state index in [4.69, 9.17) is 11.6 Å². The van der Waals surface area contributed by atoms with Gasteiger partial charge in [-0.15, -0.1) is 0 Å². The Morgan fingerprint density at radius 1 is 1.18 bits per heavy atom. The fraction of sp³-hybridized carbons (Fsp3) is 0.143. The molecule has 0 atom stereocenters. The van der Waals surface area contributed by atoms with Crippen molar-refractivity contribution in [3.63, 3.8) is 0 Å². The van der Waals surface area contributed by atoms with Crippen LogP contribution in [0.4, 0.5) is 5.69 Å². The fourth-order valence-corrected chi connectivity index (χ4v) is 1.88. The summed E-state index contributed by atoms with van der Waals surface area (Å²) in [4.78, 5) is 0. The van der Waals surface area contributed by atoms with Gasteiger partial charge < -0.3 is 10.4 Å². The molecule has 0 aliphatic carbocycles. The topological polar surface area (TPSA) is 32.3 Å². The van der Waals surface area contributed by atoms with Crippen molar-refractivity contribution in [2.24, 2.45) is 0 Å². The molecule has 0 fully saturated rings. The maximum absolute atomic E-state index is 9.32. The number of hydrogen-bond donors (Lipinski definition) is 2. The van der Waals surface area contributed by atoms with Crippen molar-refractivity contribution in [3.05, 3.63) is 58.6 Å². The third-order valence-corrected chi connectivity index (χ3v) is 3.01. The molecule has 2 N–H and O–H groups in total. The van der Waals surface area contributed by atoms with Crippen LogP contribution in [0, 0.1) is 6.92 Å². The quantitative estimate of drug-likeness (QED) is 0.805. The van der Waals surface area contributed by atoms with Crippen molar-refractivity contribution in [2.75, 3.05) is 5.32 Å². The number of nitrogens with one attached hydrogen (secondary N) is 1. The van der Waals surface area contributed by atoms with E-state index in [1.54, 1.807) is 12.1 Å². The summed E-state index contributed by atoms with van der Waals surface area (Å²) in [6.07, 6.45) is 0. The molecule has 2 rings (SSSR count). The third-order valence-electron chi connectivity index (χ3n) is 2.64. The van der Waals surface area contributed by atoms with Gasteiger partial charge in [0.1, 0.15) is 5.75 Å². The lowest BCUT2D eigenvalue weighted by molar-refractivity contribution is 0.475. The lowest BCUT2D eigenvalue weighted by atomic mass is 10.1. The van der Waals surface area contributed by atoms with Crippen molar-refractivity contribution in [3.8, 4) is 5.75 Å². The fourth-order valence-electron chi connectivity index (χ4n) is 1.68. The Kier molecular flexibility index (Phi) is 3.55. The molecule has 0 unspecified atom stereocenters. The highest BCUT2D eigenvalue weighted by molar-refractivity contribution is 6.31. The van der Waals surface area contributed by atoms with Gasteiger partial charge in [0.05, 0.1) is 0 Å². The molecule has 0 amide bonds. The summed E-state index contributed by atoms with van der Waals surface area (Å²) in [7, 11) is 0. The second kappa shape index (κ2) is 5.11. The molecule has 3 heteroatoms. The van der Waals surface area contributed by atoms with Gasteiger partial charge in [-0.1, -0.05) is 29.8 Å². The molecule has 0 radical (unpaired) electrons. The lowest BCUT2D eigenvalue weighted by Gasteiger charge is -2.10. The molecule has 88 valence electrons. The number of phenolic OH excluding ortho intramolecular Hbond substituents is 1. The normalized spacial score (nSPS) is 10.2. The summed E-state index contributed by atoms with van der Waals surface area (Å²) in [5, 5.41) is 13.4. The molecule has 0 heterocycles. The first kappa shape index (κ1) is 11.8. The zero-order chi connectivity index (χ0) is 12.3. The molecule has 2 nitrogen and oxygen atoms in total. The monoisotopic (exact) mass is 247 g/mol. The van der Waals surface area contributed by atoms with Crippen LogP contribution in [0.15, 0.2) is 42.5 Å². The number of aryl methyl sites for hydroxylation is 1. The Morgan fingerprint density at radius 3 is 2.65 bits per heavy atom. The van der Waals surface area contributed by atoms with Crippen molar-refractivity contribution in [1.82, 2.24) is 0 Å². The first-order valence-corrected chi connectivity index (χ1v) is 5.81. The van der Waals surface area contributed by atoms with Crippen LogP contribution in [0.3, 0.4) is 0 Å². The van der Waals surface area contributed by atoms with Crippen LogP contribution < -0.4 is 5.32 Å². The average molecular weight is 248 g/mol. The van der Waals surface area contributed by atoms with Crippen molar-refractivity contribution < 1.29 is 5.11 Å². The first-order valence-electron chi connectivity index (χ1n) is 5.44. The maximum Gasteiger partial charge on any atom is 0.115 e. The highest BCUT2D eigenvalue weighted by atomic mass is 35.5. The van der Waals surface area contributed by atoms with Crippen LogP contribution in [0.1, 0.15) is 11.1 Å². The molecule has 0 saturated carbocycles. The average Bonchev–Trinajstić information content (AvgIpc) is 2.30. The molecular weight excluding hydrogens is 234 g/mol. The number of rotatable bonds is 3. The Labute approximate surface area is 106 Å². The van der Waals surface area contributed by atoms with Crippen LogP contribution in [0.5, 0.6) is 5.75 Å². The molecule has 0 saturated heterocycles. The number of phenols is 1. The second-order valence-corrected chi connectivity index (χ2v) is 4.35. The molecule has 2 aromatic rings. The van der Waals surface area contributed by atoms with Gasteiger partial charge in [-0.2, -0.15) is 0 Å². The number of aromatic hydroxyl groups is 1. The minimum atomic E-state index is 0.283. The van der Waals surface area contributed by atoms with Crippen LogP contribution >= 0.6 is 11.6 Å². The third kappa shape index (κ3) is 2.92. The lowest BCUT2D eigenvalue weighted by Crippen LogP contribution is -2.01. The molecule has 0 aromatic heterocycles. The SMILES string of the molecule is Cc1cc(O)ccc1NCc1ccccc1Cl. The number of benzene rings is 2. The largest absolute Gasteiger partial charge is 0.508 e. The molecule has 0 spiro atoms. The summed E-state index contributed by atoms with van der Waals surface area (Å²) >= 11 is 6.08. The van der Waals surface area contributed by atoms with E-state index in [1.807, 2.05) is 37.3 Å². The molecule has 0 bridgehead atoms. The van der Waals surface area contributed by atoms with Crippen LogP contribution in [-0.4, -0.2) is 5.11 Å². The van der Waals surface area contributed by atoms with E-state index in [9.17, 15) is 5.11 Å². The van der Waals surface area contributed by atoms with Crippen LogP contribution in [0.2, 0.25) is 5.02 Å².